The maximum Gasteiger partial charge on any atom is 0.254 e. The Labute approximate surface area is 102 Å². The van der Waals surface area contributed by atoms with Gasteiger partial charge in [-0.3, -0.25) is 9.59 Å². The topological polar surface area (TPSA) is 77.3 Å². The van der Waals surface area contributed by atoms with Crippen molar-refractivity contribution >= 4 is 22.8 Å². The summed E-state index contributed by atoms with van der Waals surface area (Å²) in [5, 5.41) is 8.65. The van der Waals surface area contributed by atoms with Crippen molar-refractivity contribution in [3.63, 3.8) is 0 Å². The minimum Gasteiger partial charge on any atom is -0.272 e. The molecule has 7 heteroatoms. The number of imide groups is 1. The predicted molar refractivity (Wildman–Crippen MR) is 59.7 cm³/mol. The van der Waals surface area contributed by atoms with E-state index in [1.54, 1.807) is 0 Å². The number of fused-ring (bicyclic) bond motifs is 1. The van der Waals surface area contributed by atoms with Crippen LogP contribution in [0.3, 0.4) is 0 Å². The molecule has 1 aliphatic rings. The largest absolute Gasteiger partial charge is 0.272 e. The predicted octanol–water partition coefficient (Wildman–Crippen LogP) is 0.469. The molecule has 0 spiro atoms. The van der Waals surface area contributed by atoms with Crippen molar-refractivity contribution in [3.05, 3.63) is 24.3 Å². The lowest BCUT2D eigenvalue weighted by Gasteiger charge is -2.12. The zero-order chi connectivity index (χ0) is 12.5. The number of hydrogen-bond acceptors (Lipinski definition) is 5. The second-order valence-electron chi connectivity index (χ2n) is 3.92. The highest BCUT2D eigenvalue weighted by Crippen LogP contribution is 2.14. The van der Waals surface area contributed by atoms with Crippen molar-refractivity contribution in [2.75, 3.05) is 0 Å². The Hall–Kier alpha value is -2.28. The molecule has 92 valence electrons. The lowest BCUT2D eigenvalue weighted by atomic mass is 10.3. The fraction of sp³-hybridized carbons (Fsp3) is 0.273. The maximum atomic E-state index is 11.3. The number of carbonyl (C=O) groups excluding carboxylic acids is 2. The van der Waals surface area contributed by atoms with Crippen LogP contribution in [0.25, 0.3) is 11.0 Å². The van der Waals surface area contributed by atoms with E-state index in [4.69, 9.17) is 4.84 Å². The second kappa shape index (κ2) is 4.19. The zero-order valence-electron chi connectivity index (χ0n) is 9.44. The fourth-order valence-electron chi connectivity index (χ4n) is 1.83. The average molecular weight is 246 g/mol. The SMILES string of the molecule is O=C1CCC(=O)N1OCn1nnc2ccccc21. The highest BCUT2D eigenvalue weighted by atomic mass is 16.7. The van der Waals surface area contributed by atoms with Crippen LogP contribution in [0.5, 0.6) is 0 Å². The molecule has 2 heterocycles. The summed E-state index contributed by atoms with van der Waals surface area (Å²) in [7, 11) is 0. The van der Waals surface area contributed by atoms with Gasteiger partial charge in [0.1, 0.15) is 5.52 Å². The third-order valence-corrected chi connectivity index (χ3v) is 2.74. The van der Waals surface area contributed by atoms with Gasteiger partial charge < -0.3 is 0 Å². The van der Waals surface area contributed by atoms with Gasteiger partial charge in [-0.05, 0) is 12.1 Å². The van der Waals surface area contributed by atoms with E-state index < -0.39 is 0 Å². The van der Waals surface area contributed by atoms with Gasteiger partial charge in [0.25, 0.3) is 11.8 Å². The van der Waals surface area contributed by atoms with Gasteiger partial charge in [0.2, 0.25) is 0 Å². The molecule has 0 bridgehead atoms. The molecule has 0 saturated carbocycles. The molecule has 7 nitrogen and oxygen atoms in total. The molecule has 1 aromatic carbocycles. The summed E-state index contributed by atoms with van der Waals surface area (Å²) >= 11 is 0. The number of rotatable bonds is 3. The molecule has 3 rings (SSSR count). The van der Waals surface area contributed by atoms with Gasteiger partial charge in [-0.1, -0.05) is 17.3 Å². The van der Waals surface area contributed by atoms with Crippen LogP contribution in [0.2, 0.25) is 0 Å². The van der Waals surface area contributed by atoms with Crippen LogP contribution in [0.4, 0.5) is 0 Å². The molecule has 0 aliphatic carbocycles. The van der Waals surface area contributed by atoms with Crippen LogP contribution in [0, 0.1) is 0 Å². The Bertz CT molecular complexity index is 606. The van der Waals surface area contributed by atoms with E-state index in [0.29, 0.717) is 0 Å². The Kier molecular flexibility index (Phi) is 2.52. The lowest BCUT2D eigenvalue weighted by molar-refractivity contribution is -0.198. The third kappa shape index (κ3) is 1.74. The van der Waals surface area contributed by atoms with E-state index >= 15 is 0 Å². The Morgan fingerprint density at radius 2 is 1.89 bits per heavy atom. The molecule has 1 fully saturated rings. The number of hydroxylamine groups is 2. The van der Waals surface area contributed by atoms with Crippen LogP contribution in [0.15, 0.2) is 24.3 Å². The molecular formula is C11H10N4O3. The number of hydrogen-bond donors (Lipinski definition) is 0. The number of carbonyl (C=O) groups is 2. The number of para-hydroxylation sites is 1. The van der Waals surface area contributed by atoms with E-state index in [-0.39, 0.29) is 31.4 Å². The highest BCUT2D eigenvalue weighted by Gasteiger charge is 2.30. The molecule has 0 radical (unpaired) electrons. The van der Waals surface area contributed by atoms with Crippen LogP contribution in [0.1, 0.15) is 12.8 Å². The molecule has 0 N–H and O–H groups in total. The monoisotopic (exact) mass is 246 g/mol. The van der Waals surface area contributed by atoms with Crippen LogP contribution < -0.4 is 0 Å². The summed E-state index contributed by atoms with van der Waals surface area (Å²) in [6.07, 6.45) is 0.411. The van der Waals surface area contributed by atoms with Crippen LogP contribution in [-0.4, -0.2) is 31.9 Å². The summed E-state index contributed by atoms with van der Waals surface area (Å²) in [6.45, 7) is -0.0159. The Morgan fingerprint density at radius 1 is 1.17 bits per heavy atom. The van der Waals surface area contributed by atoms with Crippen LogP contribution in [-0.2, 0) is 21.2 Å². The number of nitrogens with zero attached hydrogens (tertiary/aromatic N) is 4. The van der Waals surface area contributed by atoms with E-state index in [9.17, 15) is 9.59 Å². The first kappa shape index (κ1) is 10.8. The van der Waals surface area contributed by atoms with Crippen molar-refractivity contribution in [3.8, 4) is 0 Å². The van der Waals surface area contributed by atoms with Crippen molar-refractivity contribution < 1.29 is 14.4 Å². The van der Waals surface area contributed by atoms with Crippen molar-refractivity contribution in [1.29, 1.82) is 0 Å². The van der Waals surface area contributed by atoms with Gasteiger partial charge in [-0.2, -0.15) is 5.06 Å². The smallest absolute Gasteiger partial charge is 0.254 e. The van der Waals surface area contributed by atoms with E-state index in [2.05, 4.69) is 10.3 Å². The number of aromatic nitrogens is 3. The molecule has 2 aromatic rings. The van der Waals surface area contributed by atoms with Gasteiger partial charge in [0, 0.05) is 12.8 Å². The molecule has 1 aliphatic heterocycles. The van der Waals surface area contributed by atoms with E-state index in [1.807, 2.05) is 24.3 Å². The van der Waals surface area contributed by atoms with E-state index in [1.165, 1.54) is 4.68 Å². The lowest BCUT2D eigenvalue weighted by Crippen LogP contribution is -2.30. The first-order chi connectivity index (χ1) is 8.75. The Balaban J connectivity index is 1.77. The first-order valence-corrected chi connectivity index (χ1v) is 5.52. The summed E-state index contributed by atoms with van der Waals surface area (Å²) in [5.74, 6) is -0.631. The minimum absolute atomic E-state index is 0.0159. The van der Waals surface area contributed by atoms with Gasteiger partial charge in [-0.15, -0.1) is 5.10 Å². The molecule has 0 atom stereocenters. The fourth-order valence-corrected chi connectivity index (χ4v) is 1.83. The quantitative estimate of drug-likeness (QED) is 0.736. The maximum absolute atomic E-state index is 11.3. The number of amides is 2. The molecular weight excluding hydrogens is 236 g/mol. The molecule has 2 amide bonds. The van der Waals surface area contributed by atoms with Gasteiger partial charge in [-0.25, -0.2) is 9.52 Å². The Morgan fingerprint density at radius 3 is 2.67 bits per heavy atom. The summed E-state index contributed by atoms with van der Waals surface area (Å²) < 4.78 is 1.49. The van der Waals surface area contributed by atoms with E-state index in [0.717, 1.165) is 16.1 Å². The second-order valence-corrected chi connectivity index (χ2v) is 3.92. The molecule has 18 heavy (non-hydrogen) atoms. The standard InChI is InChI=1S/C11H10N4O3/c16-10-5-6-11(17)15(10)18-7-14-9-4-2-1-3-8(9)12-13-14/h1-4H,5-7H2. The molecule has 1 saturated heterocycles. The highest BCUT2D eigenvalue weighted by molar-refractivity contribution is 6.00. The summed E-state index contributed by atoms with van der Waals surface area (Å²) in [5.41, 5.74) is 1.52. The minimum atomic E-state index is -0.315. The third-order valence-electron chi connectivity index (χ3n) is 2.74. The summed E-state index contributed by atoms with van der Waals surface area (Å²) in [6, 6.07) is 7.38. The normalized spacial score (nSPS) is 15.9. The summed E-state index contributed by atoms with van der Waals surface area (Å²) in [4.78, 5) is 27.9. The molecule has 0 unspecified atom stereocenters. The molecule has 1 aromatic heterocycles. The zero-order valence-corrected chi connectivity index (χ0v) is 9.44. The first-order valence-electron chi connectivity index (χ1n) is 5.52. The van der Waals surface area contributed by atoms with Crippen LogP contribution >= 0.6 is 0 Å². The van der Waals surface area contributed by atoms with Gasteiger partial charge >= 0.3 is 0 Å². The average Bonchev–Trinajstić information content (AvgIpc) is 2.93. The van der Waals surface area contributed by atoms with Crippen molar-refractivity contribution in [1.82, 2.24) is 20.1 Å². The number of benzene rings is 1. The van der Waals surface area contributed by atoms with Gasteiger partial charge in [0.15, 0.2) is 6.73 Å². The van der Waals surface area contributed by atoms with Crippen molar-refractivity contribution in [2.24, 2.45) is 0 Å². The van der Waals surface area contributed by atoms with Crippen molar-refractivity contribution in [2.45, 2.75) is 19.6 Å². The van der Waals surface area contributed by atoms with Gasteiger partial charge in [0.05, 0.1) is 5.52 Å².